The van der Waals surface area contributed by atoms with Crippen LogP contribution in [0.4, 0.5) is 0 Å². The van der Waals surface area contributed by atoms with Gasteiger partial charge in [0.2, 0.25) is 5.91 Å². The van der Waals surface area contributed by atoms with E-state index >= 15 is 0 Å². The molecular weight excluding hydrogens is 262 g/mol. The molecule has 2 rings (SSSR count). The number of aliphatic carboxylic acids is 1. The highest BCUT2D eigenvalue weighted by Gasteiger charge is 2.27. The molecule has 5 N–H and O–H groups in total. The molecule has 0 bridgehead atoms. The lowest BCUT2D eigenvalue weighted by molar-refractivity contribution is -0.142. The van der Waals surface area contributed by atoms with Gasteiger partial charge in [0, 0.05) is 12.2 Å². The fraction of sp³-hybridized carbons (Fsp3) is 0.462. The number of rotatable bonds is 4. The molecule has 0 spiro atoms. The summed E-state index contributed by atoms with van der Waals surface area (Å²) in [5.41, 5.74) is 5.64. The predicted octanol–water partition coefficient (Wildman–Crippen LogP) is 0.487. The van der Waals surface area contributed by atoms with Gasteiger partial charge in [-0.15, -0.1) is 0 Å². The summed E-state index contributed by atoms with van der Waals surface area (Å²) in [5.74, 6) is -1.99. The number of aromatic amines is 1. The van der Waals surface area contributed by atoms with Crippen molar-refractivity contribution in [2.45, 2.75) is 31.7 Å². The molecule has 0 radical (unpaired) electrons. The van der Waals surface area contributed by atoms with Crippen molar-refractivity contribution in [1.82, 2.24) is 10.3 Å². The molecule has 1 heterocycles. The van der Waals surface area contributed by atoms with Gasteiger partial charge in [0.15, 0.2) is 0 Å². The summed E-state index contributed by atoms with van der Waals surface area (Å²) in [6.45, 7) is 0. The second kappa shape index (κ2) is 5.77. The van der Waals surface area contributed by atoms with Gasteiger partial charge < -0.3 is 21.1 Å². The largest absolute Gasteiger partial charge is 0.481 e. The average Bonchev–Trinajstić information content (AvgIpc) is 2.89. The molecule has 1 aromatic rings. The van der Waals surface area contributed by atoms with Crippen molar-refractivity contribution < 1.29 is 19.5 Å². The van der Waals surface area contributed by atoms with Crippen LogP contribution in [0.2, 0.25) is 0 Å². The van der Waals surface area contributed by atoms with E-state index in [1.165, 1.54) is 12.3 Å². The van der Waals surface area contributed by atoms with E-state index in [9.17, 15) is 14.4 Å². The first-order chi connectivity index (χ1) is 9.47. The fourth-order valence-corrected chi connectivity index (χ4v) is 2.42. The van der Waals surface area contributed by atoms with Crippen molar-refractivity contribution in [2.75, 3.05) is 0 Å². The Bertz CT molecular complexity index is 529. The average molecular weight is 279 g/mol. The number of carboxylic acid groups (broad SMARTS) is 1. The van der Waals surface area contributed by atoms with Gasteiger partial charge in [-0.05, 0) is 31.7 Å². The number of carbonyl (C=O) groups excluding carboxylic acids is 2. The van der Waals surface area contributed by atoms with Crippen LogP contribution in [-0.2, 0) is 4.79 Å². The summed E-state index contributed by atoms with van der Waals surface area (Å²) < 4.78 is 0. The molecule has 0 aliphatic heterocycles. The topological polar surface area (TPSA) is 125 Å². The van der Waals surface area contributed by atoms with Crippen molar-refractivity contribution in [3.05, 3.63) is 23.5 Å². The number of nitrogens with two attached hydrogens (primary N) is 1. The summed E-state index contributed by atoms with van der Waals surface area (Å²) in [6.07, 6.45) is 3.81. The zero-order valence-corrected chi connectivity index (χ0v) is 10.9. The Hall–Kier alpha value is -2.31. The Labute approximate surface area is 115 Å². The minimum absolute atomic E-state index is 0.0292. The molecule has 1 aromatic heterocycles. The van der Waals surface area contributed by atoms with Crippen molar-refractivity contribution >= 4 is 17.8 Å². The molecule has 7 nitrogen and oxygen atoms in total. The van der Waals surface area contributed by atoms with E-state index in [0.717, 1.165) is 0 Å². The van der Waals surface area contributed by atoms with E-state index in [2.05, 4.69) is 10.3 Å². The first kappa shape index (κ1) is 14.1. The maximum atomic E-state index is 12.0. The molecule has 0 saturated heterocycles. The monoisotopic (exact) mass is 279 g/mol. The van der Waals surface area contributed by atoms with Gasteiger partial charge in [0.1, 0.15) is 5.69 Å². The highest BCUT2D eigenvalue weighted by atomic mass is 16.4. The third-order valence-electron chi connectivity index (χ3n) is 3.62. The Morgan fingerprint density at radius 3 is 2.40 bits per heavy atom. The first-order valence-electron chi connectivity index (χ1n) is 6.49. The van der Waals surface area contributed by atoms with Crippen molar-refractivity contribution in [3.63, 3.8) is 0 Å². The van der Waals surface area contributed by atoms with Crippen LogP contribution in [0.15, 0.2) is 12.3 Å². The summed E-state index contributed by atoms with van der Waals surface area (Å²) in [4.78, 5) is 36.4. The fourth-order valence-electron chi connectivity index (χ4n) is 2.42. The number of amides is 2. The highest BCUT2D eigenvalue weighted by molar-refractivity contribution is 5.98. The van der Waals surface area contributed by atoms with Crippen LogP contribution in [0.3, 0.4) is 0 Å². The zero-order chi connectivity index (χ0) is 14.7. The van der Waals surface area contributed by atoms with Crippen LogP contribution >= 0.6 is 0 Å². The molecule has 0 aromatic carbocycles. The van der Waals surface area contributed by atoms with Crippen LogP contribution < -0.4 is 11.1 Å². The Kier molecular flexibility index (Phi) is 4.07. The molecule has 1 saturated carbocycles. The molecular formula is C13H17N3O4. The van der Waals surface area contributed by atoms with Crippen molar-refractivity contribution in [1.29, 1.82) is 0 Å². The predicted molar refractivity (Wildman–Crippen MR) is 70.2 cm³/mol. The standard InChI is InChI=1S/C13H17N3O4/c14-11(17)8-5-10(15-6-8)12(18)16-9-3-1-7(2-4-9)13(19)20/h5-7,9,15H,1-4H2,(H2,14,17)(H,16,18)(H,19,20). The quantitative estimate of drug-likeness (QED) is 0.639. The Morgan fingerprint density at radius 1 is 1.25 bits per heavy atom. The normalized spacial score (nSPS) is 22.2. The van der Waals surface area contributed by atoms with E-state index in [1.807, 2.05) is 0 Å². The van der Waals surface area contributed by atoms with Gasteiger partial charge in [-0.25, -0.2) is 0 Å². The van der Waals surface area contributed by atoms with Crippen LogP contribution in [0.5, 0.6) is 0 Å². The summed E-state index contributed by atoms with van der Waals surface area (Å²) in [7, 11) is 0. The van der Waals surface area contributed by atoms with Crippen molar-refractivity contribution in [2.24, 2.45) is 11.7 Å². The summed E-state index contributed by atoms with van der Waals surface area (Å²) in [5, 5.41) is 11.7. The van der Waals surface area contributed by atoms with E-state index in [0.29, 0.717) is 25.7 Å². The number of primary amides is 1. The third-order valence-corrected chi connectivity index (χ3v) is 3.62. The number of aromatic nitrogens is 1. The van der Waals surface area contributed by atoms with Gasteiger partial charge in [-0.1, -0.05) is 0 Å². The Morgan fingerprint density at radius 2 is 1.90 bits per heavy atom. The smallest absolute Gasteiger partial charge is 0.306 e. The van der Waals surface area contributed by atoms with Crippen LogP contribution in [0, 0.1) is 5.92 Å². The lowest BCUT2D eigenvalue weighted by atomic mass is 9.86. The number of hydrogen-bond donors (Lipinski definition) is 4. The zero-order valence-electron chi connectivity index (χ0n) is 10.9. The Balaban J connectivity index is 1.89. The number of nitrogens with one attached hydrogen (secondary N) is 2. The van der Waals surface area contributed by atoms with E-state index in [-0.39, 0.29) is 29.1 Å². The van der Waals surface area contributed by atoms with Crippen LogP contribution in [-0.4, -0.2) is 33.9 Å². The molecule has 108 valence electrons. The van der Waals surface area contributed by atoms with Gasteiger partial charge in [0.05, 0.1) is 11.5 Å². The van der Waals surface area contributed by atoms with E-state index < -0.39 is 11.9 Å². The maximum Gasteiger partial charge on any atom is 0.306 e. The molecule has 7 heteroatoms. The van der Waals surface area contributed by atoms with E-state index in [4.69, 9.17) is 10.8 Å². The first-order valence-corrected chi connectivity index (χ1v) is 6.49. The molecule has 1 fully saturated rings. The minimum atomic E-state index is -0.773. The molecule has 1 aliphatic rings. The molecule has 20 heavy (non-hydrogen) atoms. The molecule has 1 aliphatic carbocycles. The summed E-state index contributed by atoms with van der Waals surface area (Å²) in [6, 6.07) is 1.37. The molecule has 2 amide bonds. The van der Waals surface area contributed by atoms with Crippen LogP contribution in [0.1, 0.15) is 46.5 Å². The van der Waals surface area contributed by atoms with Crippen LogP contribution in [0.25, 0.3) is 0 Å². The SMILES string of the molecule is NC(=O)c1c[nH]c(C(=O)NC2CCC(C(=O)O)CC2)c1. The highest BCUT2D eigenvalue weighted by Crippen LogP contribution is 2.24. The third kappa shape index (κ3) is 3.17. The molecule has 0 atom stereocenters. The van der Waals surface area contributed by atoms with Crippen molar-refractivity contribution in [3.8, 4) is 0 Å². The number of carbonyl (C=O) groups is 3. The van der Waals surface area contributed by atoms with Gasteiger partial charge >= 0.3 is 5.97 Å². The van der Waals surface area contributed by atoms with E-state index in [1.54, 1.807) is 0 Å². The lowest BCUT2D eigenvalue weighted by Crippen LogP contribution is -2.38. The minimum Gasteiger partial charge on any atom is -0.481 e. The second-order valence-electron chi connectivity index (χ2n) is 5.03. The second-order valence-corrected chi connectivity index (χ2v) is 5.03. The van der Waals surface area contributed by atoms with Gasteiger partial charge in [-0.3, -0.25) is 14.4 Å². The van der Waals surface area contributed by atoms with Gasteiger partial charge in [-0.2, -0.15) is 0 Å². The number of H-pyrrole nitrogens is 1. The van der Waals surface area contributed by atoms with Gasteiger partial charge in [0.25, 0.3) is 5.91 Å². The number of carboxylic acids is 1. The number of hydrogen-bond acceptors (Lipinski definition) is 3. The maximum absolute atomic E-state index is 12.0. The molecule has 0 unspecified atom stereocenters. The summed E-state index contributed by atoms with van der Waals surface area (Å²) >= 11 is 0. The lowest BCUT2D eigenvalue weighted by Gasteiger charge is -2.26.